The summed E-state index contributed by atoms with van der Waals surface area (Å²) < 4.78 is 14.3. The zero-order valence-corrected chi connectivity index (χ0v) is 13.0. The Hall–Kier alpha value is -2.37. The van der Waals surface area contributed by atoms with Crippen LogP contribution in [0.3, 0.4) is 0 Å². The van der Waals surface area contributed by atoms with Crippen molar-refractivity contribution in [3.05, 3.63) is 36.6 Å². The largest absolute Gasteiger partial charge is 0.468 e. The van der Waals surface area contributed by atoms with Gasteiger partial charge in [-0.2, -0.15) is 0 Å². The second-order valence-electron chi connectivity index (χ2n) is 4.97. The number of carbonyl (C=O) groups excluding carboxylic acids is 3. The predicted octanol–water partition coefficient (Wildman–Crippen LogP) is 1.92. The summed E-state index contributed by atoms with van der Waals surface area (Å²) in [6.45, 7) is 4.91. The molecule has 0 amide bonds. The Morgan fingerprint density at radius 2 is 1.82 bits per heavy atom. The van der Waals surface area contributed by atoms with Gasteiger partial charge in [0.15, 0.2) is 5.41 Å². The average molecular weight is 308 g/mol. The second-order valence-corrected chi connectivity index (χ2v) is 4.97. The minimum Gasteiger partial charge on any atom is -0.468 e. The Morgan fingerprint density at radius 1 is 1.23 bits per heavy atom. The second kappa shape index (κ2) is 7.59. The van der Waals surface area contributed by atoms with Crippen LogP contribution in [0.25, 0.3) is 0 Å². The van der Waals surface area contributed by atoms with Gasteiger partial charge >= 0.3 is 17.9 Å². The quantitative estimate of drug-likeness (QED) is 0.334. The fraction of sp³-hybridized carbons (Fsp3) is 0.438. The summed E-state index contributed by atoms with van der Waals surface area (Å²) in [6.07, 6.45) is 6.55. The molecule has 1 aliphatic carbocycles. The van der Waals surface area contributed by atoms with Gasteiger partial charge < -0.3 is 14.2 Å². The lowest BCUT2D eigenvalue weighted by molar-refractivity contribution is -0.168. The van der Waals surface area contributed by atoms with E-state index < -0.39 is 23.3 Å². The predicted molar refractivity (Wildman–Crippen MR) is 78.4 cm³/mol. The Morgan fingerprint density at radius 3 is 2.27 bits per heavy atom. The fourth-order valence-corrected chi connectivity index (χ4v) is 2.60. The molecule has 0 aromatic rings. The van der Waals surface area contributed by atoms with Crippen LogP contribution in [0.15, 0.2) is 36.6 Å². The lowest BCUT2D eigenvalue weighted by Gasteiger charge is -2.22. The summed E-state index contributed by atoms with van der Waals surface area (Å²) in [4.78, 5) is 35.1. The highest BCUT2D eigenvalue weighted by molar-refractivity contribution is 6.01. The smallest absolute Gasteiger partial charge is 0.323 e. The first-order valence-corrected chi connectivity index (χ1v) is 6.73. The Labute approximate surface area is 129 Å². The molecular formula is C16H20O6. The van der Waals surface area contributed by atoms with E-state index in [0.717, 1.165) is 5.57 Å². The average Bonchev–Trinajstić information content (AvgIpc) is 2.85. The number of hydrogen-bond acceptors (Lipinski definition) is 6. The van der Waals surface area contributed by atoms with Gasteiger partial charge in [0.2, 0.25) is 0 Å². The number of methoxy groups -OCH3 is 2. The fourth-order valence-electron chi connectivity index (χ4n) is 2.60. The molecule has 1 unspecified atom stereocenters. The normalized spacial score (nSPS) is 21.6. The number of ether oxygens (including phenoxy) is 3. The molecule has 1 atom stereocenters. The highest BCUT2D eigenvalue weighted by atomic mass is 16.5. The number of hydrogen-bond donors (Lipinski definition) is 0. The molecule has 1 fully saturated rings. The van der Waals surface area contributed by atoms with Crippen molar-refractivity contribution in [1.82, 2.24) is 0 Å². The molecule has 0 spiro atoms. The first-order chi connectivity index (χ1) is 10.4. The molecule has 6 heteroatoms. The maximum atomic E-state index is 12.1. The lowest BCUT2D eigenvalue weighted by atomic mass is 9.85. The van der Waals surface area contributed by atoms with E-state index in [2.05, 4.69) is 6.58 Å². The molecule has 0 aromatic carbocycles. The van der Waals surface area contributed by atoms with E-state index in [9.17, 15) is 14.4 Å². The molecule has 0 N–H and O–H groups in total. The van der Waals surface area contributed by atoms with Crippen molar-refractivity contribution in [3.63, 3.8) is 0 Å². The third-order valence-corrected chi connectivity index (χ3v) is 3.58. The molecule has 1 saturated carbocycles. The third kappa shape index (κ3) is 3.63. The van der Waals surface area contributed by atoms with Gasteiger partial charge in [-0.05, 0) is 18.9 Å². The summed E-state index contributed by atoms with van der Waals surface area (Å²) in [5, 5.41) is 0. The first kappa shape index (κ1) is 17.7. The van der Waals surface area contributed by atoms with Crippen molar-refractivity contribution in [1.29, 1.82) is 0 Å². The molecule has 0 aliphatic heterocycles. The van der Waals surface area contributed by atoms with Crippen molar-refractivity contribution in [2.45, 2.75) is 19.8 Å². The number of esters is 3. The van der Waals surface area contributed by atoms with E-state index in [-0.39, 0.29) is 18.8 Å². The van der Waals surface area contributed by atoms with Crippen LogP contribution in [0.4, 0.5) is 0 Å². The van der Waals surface area contributed by atoms with Crippen LogP contribution in [-0.2, 0) is 28.6 Å². The monoisotopic (exact) mass is 308 g/mol. The molecule has 0 saturated heterocycles. The molecule has 6 nitrogen and oxygen atoms in total. The number of rotatable bonds is 5. The van der Waals surface area contributed by atoms with E-state index in [0.29, 0.717) is 0 Å². The van der Waals surface area contributed by atoms with Crippen LogP contribution in [-0.4, -0.2) is 32.1 Å². The van der Waals surface area contributed by atoms with Crippen LogP contribution in [0, 0.1) is 11.3 Å². The van der Waals surface area contributed by atoms with Crippen LogP contribution < -0.4 is 0 Å². The highest BCUT2D eigenvalue weighted by Gasteiger charge is 2.54. The topological polar surface area (TPSA) is 78.9 Å². The van der Waals surface area contributed by atoms with Gasteiger partial charge in [0.05, 0.1) is 20.5 Å². The van der Waals surface area contributed by atoms with Crippen molar-refractivity contribution >= 4 is 17.9 Å². The molecule has 0 radical (unpaired) electrons. The SMILES string of the molecule is C=C/C=C1\CC(C(=O)OC)(C(=O)OC)CC1/C=C/OC(C)=O. The zero-order valence-electron chi connectivity index (χ0n) is 13.0. The number of carbonyl (C=O) groups is 3. The van der Waals surface area contributed by atoms with E-state index in [1.807, 2.05) is 0 Å². The van der Waals surface area contributed by atoms with Crippen LogP contribution in [0.1, 0.15) is 19.8 Å². The molecule has 1 aliphatic rings. The standard InChI is InChI=1S/C16H20O6/c1-5-6-12-9-16(14(18)20-3,15(19)21-4)10-13(12)7-8-22-11(2)17/h5-8,13H,1,9-10H2,2-4H3/b8-7+,12-6+. The van der Waals surface area contributed by atoms with Gasteiger partial charge in [-0.1, -0.05) is 24.3 Å². The van der Waals surface area contributed by atoms with Crippen molar-refractivity contribution < 1.29 is 28.6 Å². The van der Waals surface area contributed by atoms with Crippen LogP contribution in [0.5, 0.6) is 0 Å². The highest BCUT2D eigenvalue weighted by Crippen LogP contribution is 2.47. The lowest BCUT2D eigenvalue weighted by Crippen LogP contribution is -2.39. The number of allylic oxidation sites excluding steroid dienone is 4. The van der Waals surface area contributed by atoms with Crippen LogP contribution >= 0.6 is 0 Å². The van der Waals surface area contributed by atoms with E-state index in [1.165, 1.54) is 27.4 Å². The molecule has 0 bridgehead atoms. The zero-order chi connectivity index (χ0) is 16.8. The summed E-state index contributed by atoms with van der Waals surface area (Å²) >= 11 is 0. The van der Waals surface area contributed by atoms with E-state index in [4.69, 9.17) is 14.2 Å². The Balaban J connectivity index is 3.14. The molecule has 0 aromatic heterocycles. The minimum atomic E-state index is -1.39. The van der Waals surface area contributed by atoms with Crippen molar-refractivity contribution in [2.75, 3.05) is 14.2 Å². The van der Waals surface area contributed by atoms with Gasteiger partial charge in [0.1, 0.15) is 0 Å². The summed E-state index contributed by atoms with van der Waals surface area (Å²) in [7, 11) is 2.46. The minimum absolute atomic E-state index is 0.174. The molecule has 1 rings (SSSR count). The van der Waals surface area contributed by atoms with E-state index in [1.54, 1.807) is 18.2 Å². The van der Waals surface area contributed by atoms with Gasteiger partial charge in [-0.15, -0.1) is 0 Å². The summed E-state index contributed by atoms with van der Waals surface area (Å²) in [6, 6.07) is 0. The van der Waals surface area contributed by atoms with Gasteiger partial charge in [0, 0.05) is 12.8 Å². The molecular weight excluding hydrogens is 288 g/mol. The molecule has 120 valence electrons. The molecule has 0 heterocycles. The summed E-state index contributed by atoms with van der Waals surface area (Å²) in [5.74, 6) is -1.98. The van der Waals surface area contributed by atoms with E-state index >= 15 is 0 Å². The molecule has 22 heavy (non-hydrogen) atoms. The Bertz CT molecular complexity index is 513. The third-order valence-electron chi connectivity index (χ3n) is 3.58. The Kier molecular flexibility index (Phi) is 6.10. The maximum absolute atomic E-state index is 12.1. The van der Waals surface area contributed by atoms with Gasteiger partial charge in [0.25, 0.3) is 0 Å². The maximum Gasteiger partial charge on any atom is 0.323 e. The van der Waals surface area contributed by atoms with Crippen molar-refractivity contribution in [3.8, 4) is 0 Å². The van der Waals surface area contributed by atoms with Crippen LogP contribution in [0.2, 0.25) is 0 Å². The van der Waals surface area contributed by atoms with Gasteiger partial charge in [-0.3, -0.25) is 14.4 Å². The summed E-state index contributed by atoms with van der Waals surface area (Å²) in [5.41, 5.74) is -0.571. The first-order valence-electron chi connectivity index (χ1n) is 6.73. The van der Waals surface area contributed by atoms with Crippen molar-refractivity contribution in [2.24, 2.45) is 11.3 Å². The van der Waals surface area contributed by atoms with Gasteiger partial charge in [-0.25, -0.2) is 0 Å².